The first-order valence-electron chi connectivity index (χ1n) is 7.81. The second-order valence-electron chi connectivity index (χ2n) is 6.32. The highest BCUT2D eigenvalue weighted by atomic mass is 35.5. The lowest BCUT2D eigenvalue weighted by Crippen LogP contribution is -2.47. The van der Waals surface area contributed by atoms with E-state index in [1.54, 1.807) is 7.11 Å². The summed E-state index contributed by atoms with van der Waals surface area (Å²) in [5, 5.41) is 0.781. The highest BCUT2D eigenvalue weighted by Gasteiger charge is 2.31. The molecule has 1 heterocycles. The van der Waals surface area contributed by atoms with Gasteiger partial charge in [-0.2, -0.15) is 0 Å². The predicted octanol–water partition coefficient (Wildman–Crippen LogP) is 3.63. The van der Waals surface area contributed by atoms with Crippen LogP contribution in [0.5, 0.6) is 0 Å². The molecule has 1 aromatic carbocycles. The van der Waals surface area contributed by atoms with Crippen LogP contribution < -0.4 is 10.6 Å². The second kappa shape index (κ2) is 6.99. The first-order chi connectivity index (χ1) is 9.97. The molecule has 0 saturated carbocycles. The van der Waals surface area contributed by atoms with E-state index in [-0.39, 0.29) is 11.6 Å². The Morgan fingerprint density at radius 2 is 2.24 bits per heavy atom. The first kappa shape index (κ1) is 16.6. The van der Waals surface area contributed by atoms with Crippen molar-refractivity contribution in [1.82, 2.24) is 0 Å². The largest absolute Gasteiger partial charge is 0.377 e. The Morgan fingerprint density at radius 3 is 2.90 bits per heavy atom. The van der Waals surface area contributed by atoms with Crippen LogP contribution in [0.1, 0.15) is 38.7 Å². The van der Waals surface area contributed by atoms with Crippen molar-refractivity contribution in [2.45, 2.75) is 51.2 Å². The molecule has 0 aliphatic carbocycles. The molecule has 1 saturated heterocycles. The molecule has 118 valence electrons. The van der Waals surface area contributed by atoms with Crippen molar-refractivity contribution < 1.29 is 4.74 Å². The molecule has 2 unspecified atom stereocenters. The summed E-state index contributed by atoms with van der Waals surface area (Å²) in [7, 11) is 1.80. The zero-order chi connectivity index (χ0) is 15.5. The third-order valence-electron chi connectivity index (χ3n) is 4.55. The van der Waals surface area contributed by atoms with Gasteiger partial charge < -0.3 is 15.4 Å². The molecule has 1 aromatic rings. The zero-order valence-electron chi connectivity index (χ0n) is 13.4. The van der Waals surface area contributed by atoms with Crippen molar-refractivity contribution in [2.75, 3.05) is 25.1 Å². The van der Waals surface area contributed by atoms with Crippen molar-refractivity contribution in [1.29, 1.82) is 0 Å². The molecule has 1 fully saturated rings. The maximum absolute atomic E-state index is 6.22. The first-order valence-corrected chi connectivity index (χ1v) is 8.19. The minimum Gasteiger partial charge on any atom is -0.377 e. The summed E-state index contributed by atoms with van der Waals surface area (Å²) in [6, 6.07) is 6.35. The molecular weight excluding hydrogens is 284 g/mol. The summed E-state index contributed by atoms with van der Waals surface area (Å²) in [5.74, 6) is 0. The predicted molar refractivity (Wildman–Crippen MR) is 90.3 cm³/mol. The third kappa shape index (κ3) is 4.12. The van der Waals surface area contributed by atoms with Crippen LogP contribution in [0.3, 0.4) is 0 Å². The van der Waals surface area contributed by atoms with E-state index in [0.29, 0.717) is 0 Å². The molecule has 0 amide bonds. The van der Waals surface area contributed by atoms with Crippen LogP contribution in [-0.4, -0.2) is 31.8 Å². The van der Waals surface area contributed by atoms with E-state index in [1.165, 1.54) is 11.3 Å². The van der Waals surface area contributed by atoms with Crippen molar-refractivity contribution in [3.05, 3.63) is 28.8 Å². The van der Waals surface area contributed by atoms with Gasteiger partial charge in [0.25, 0.3) is 0 Å². The van der Waals surface area contributed by atoms with Gasteiger partial charge in [0.2, 0.25) is 0 Å². The Bertz CT molecular complexity index is 480. The molecule has 0 aromatic heterocycles. The molecule has 21 heavy (non-hydrogen) atoms. The number of nitrogens with two attached hydrogens (primary N) is 1. The SMILES string of the molecule is CCC(N)Cc1ccc(Cl)cc1N1CCCC(C)(OC)C1. The standard InChI is InChI=1S/C17H27ClN2O/c1-4-15(19)10-13-6-7-14(18)11-16(13)20-9-5-8-17(2,12-20)21-3/h6-7,11,15H,4-5,8-10,12,19H2,1-3H3. The monoisotopic (exact) mass is 310 g/mol. The van der Waals surface area contributed by atoms with Gasteiger partial charge in [0.15, 0.2) is 0 Å². The van der Waals surface area contributed by atoms with Crippen LogP contribution in [0.4, 0.5) is 5.69 Å². The molecule has 0 bridgehead atoms. The molecule has 2 N–H and O–H groups in total. The van der Waals surface area contributed by atoms with Gasteiger partial charge in [-0.05, 0) is 50.3 Å². The number of nitrogens with zero attached hydrogens (tertiary/aromatic N) is 1. The molecule has 2 atom stereocenters. The van der Waals surface area contributed by atoms with Crippen LogP contribution >= 0.6 is 11.6 Å². The lowest BCUT2D eigenvalue weighted by atomic mass is 9.93. The molecule has 0 spiro atoms. The molecular formula is C17H27ClN2O. The molecule has 0 radical (unpaired) electrons. The number of benzene rings is 1. The van der Waals surface area contributed by atoms with Gasteiger partial charge in [0, 0.05) is 37.0 Å². The molecule has 4 heteroatoms. The Hall–Kier alpha value is -0.770. The van der Waals surface area contributed by atoms with Gasteiger partial charge >= 0.3 is 0 Å². The minimum atomic E-state index is -0.0787. The fourth-order valence-corrected chi connectivity index (χ4v) is 3.18. The summed E-state index contributed by atoms with van der Waals surface area (Å²) in [5.41, 5.74) is 8.57. The number of piperidine rings is 1. The maximum Gasteiger partial charge on any atom is 0.0825 e. The molecule has 1 aliphatic heterocycles. The number of hydrogen-bond acceptors (Lipinski definition) is 3. The van der Waals surface area contributed by atoms with E-state index >= 15 is 0 Å². The maximum atomic E-state index is 6.22. The van der Waals surface area contributed by atoms with E-state index in [1.807, 2.05) is 6.07 Å². The molecule has 2 rings (SSSR count). The normalized spacial score (nSPS) is 24.1. The Balaban J connectivity index is 2.26. The van der Waals surface area contributed by atoms with Crippen LogP contribution in [0.25, 0.3) is 0 Å². The van der Waals surface area contributed by atoms with Crippen molar-refractivity contribution in [3.8, 4) is 0 Å². The number of rotatable bonds is 5. The summed E-state index contributed by atoms with van der Waals surface area (Å²) < 4.78 is 5.70. The number of halogens is 1. The van der Waals surface area contributed by atoms with E-state index in [0.717, 1.165) is 43.8 Å². The Kier molecular flexibility index (Phi) is 5.53. The Morgan fingerprint density at radius 1 is 1.48 bits per heavy atom. The van der Waals surface area contributed by atoms with Gasteiger partial charge in [-0.3, -0.25) is 0 Å². The number of hydrogen-bond donors (Lipinski definition) is 1. The summed E-state index contributed by atoms with van der Waals surface area (Å²) in [6.45, 7) is 6.26. The van der Waals surface area contributed by atoms with Crippen molar-refractivity contribution in [2.24, 2.45) is 5.73 Å². The quantitative estimate of drug-likeness (QED) is 0.902. The van der Waals surface area contributed by atoms with E-state index in [9.17, 15) is 0 Å². The van der Waals surface area contributed by atoms with Gasteiger partial charge in [0.1, 0.15) is 0 Å². The average Bonchev–Trinajstić information content (AvgIpc) is 2.49. The van der Waals surface area contributed by atoms with Crippen LogP contribution in [-0.2, 0) is 11.2 Å². The fourth-order valence-electron chi connectivity index (χ4n) is 3.01. The van der Waals surface area contributed by atoms with Gasteiger partial charge in [0.05, 0.1) is 5.60 Å². The fraction of sp³-hybridized carbons (Fsp3) is 0.647. The van der Waals surface area contributed by atoms with Gasteiger partial charge in [-0.15, -0.1) is 0 Å². The average molecular weight is 311 g/mol. The summed E-state index contributed by atoms with van der Waals surface area (Å²) >= 11 is 6.22. The van der Waals surface area contributed by atoms with E-state index < -0.39 is 0 Å². The highest BCUT2D eigenvalue weighted by Crippen LogP contribution is 2.32. The minimum absolute atomic E-state index is 0.0787. The summed E-state index contributed by atoms with van der Waals surface area (Å²) in [4.78, 5) is 2.40. The number of methoxy groups -OCH3 is 1. The lowest BCUT2D eigenvalue weighted by molar-refractivity contribution is -0.00468. The topological polar surface area (TPSA) is 38.5 Å². The van der Waals surface area contributed by atoms with Crippen molar-refractivity contribution >= 4 is 17.3 Å². The van der Waals surface area contributed by atoms with Crippen LogP contribution in [0, 0.1) is 0 Å². The summed E-state index contributed by atoms with van der Waals surface area (Å²) in [6.07, 6.45) is 4.11. The number of ether oxygens (including phenoxy) is 1. The van der Waals surface area contributed by atoms with E-state index in [4.69, 9.17) is 22.1 Å². The smallest absolute Gasteiger partial charge is 0.0825 e. The molecule has 3 nitrogen and oxygen atoms in total. The van der Waals surface area contributed by atoms with Crippen LogP contribution in [0.15, 0.2) is 18.2 Å². The zero-order valence-corrected chi connectivity index (χ0v) is 14.1. The third-order valence-corrected chi connectivity index (χ3v) is 4.78. The van der Waals surface area contributed by atoms with Gasteiger partial charge in [-0.25, -0.2) is 0 Å². The lowest BCUT2D eigenvalue weighted by Gasteiger charge is -2.41. The Labute approximate surface area is 133 Å². The highest BCUT2D eigenvalue weighted by molar-refractivity contribution is 6.30. The second-order valence-corrected chi connectivity index (χ2v) is 6.76. The van der Waals surface area contributed by atoms with Crippen molar-refractivity contribution in [3.63, 3.8) is 0 Å². The molecule has 1 aliphatic rings. The van der Waals surface area contributed by atoms with Crippen LogP contribution in [0.2, 0.25) is 5.02 Å². The number of anilines is 1. The van der Waals surface area contributed by atoms with Gasteiger partial charge in [-0.1, -0.05) is 24.6 Å². The van der Waals surface area contributed by atoms with E-state index in [2.05, 4.69) is 30.9 Å².